The second-order valence-corrected chi connectivity index (χ2v) is 5.48. The summed E-state index contributed by atoms with van der Waals surface area (Å²) in [6, 6.07) is 0. The minimum absolute atomic E-state index is 0.310. The van der Waals surface area contributed by atoms with Gasteiger partial charge >= 0.3 is 7.82 Å². The molecule has 13 heteroatoms. The Hall–Kier alpha value is -1.40. The van der Waals surface area contributed by atoms with E-state index >= 15 is 0 Å². The minimum Gasteiger partial charge on any atom is -0.387 e. The van der Waals surface area contributed by atoms with Crippen LogP contribution in [-0.2, 0) is 13.8 Å². The first kappa shape index (κ1) is 16.0. The van der Waals surface area contributed by atoms with Crippen LogP contribution in [-0.4, -0.2) is 65.6 Å². The van der Waals surface area contributed by atoms with E-state index < -0.39 is 44.9 Å². The summed E-state index contributed by atoms with van der Waals surface area (Å²) in [6.07, 6.45) is -4.27. The maximum absolute atomic E-state index is 10.9. The van der Waals surface area contributed by atoms with Crippen LogP contribution >= 0.6 is 7.82 Å². The highest BCUT2D eigenvalue weighted by molar-refractivity contribution is 7.46. The first-order chi connectivity index (χ1) is 9.69. The van der Waals surface area contributed by atoms with Gasteiger partial charge in [-0.3, -0.25) is 9.32 Å². The van der Waals surface area contributed by atoms with Gasteiger partial charge in [0.2, 0.25) is 5.82 Å². The summed E-state index contributed by atoms with van der Waals surface area (Å²) in [6.45, 7) is -0.642. The number of nitrogens with zero attached hydrogens (tertiary/aromatic N) is 3. The summed E-state index contributed by atoms with van der Waals surface area (Å²) in [7, 11) is -4.73. The maximum Gasteiger partial charge on any atom is 0.469 e. The second kappa shape index (κ2) is 5.77. The van der Waals surface area contributed by atoms with E-state index in [0.29, 0.717) is 0 Å². The number of carbonyl (C=O) groups is 1. The number of hydrogen-bond acceptors (Lipinski definition) is 8. The fourth-order valence-electron chi connectivity index (χ4n) is 1.77. The molecule has 0 saturated carbocycles. The van der Waals surface area contributed by atoms with Crippen LogP contribution in [0.3, 0.4) is 0 Å². The normalized spacial score (nSPS) is 29.7. The van der Waals surface area contributed by atoms with E-state index in [4.69, 9.17) is 20.3 Å². The van der Waals surface area contributed by atoms with Crippen LogP contribution in [0.15, 0.2) is 6.33 Å². The summed E-state index contributed by atoms with van der Waals surface area (Å²) in [5, 5.41) is 23.2. The third-order valence-electron chi connectivity index (χ3n) is 2.73. The molecule has 0 bridgehead atoms. The fraction of sp³-hybridized carbons (Fsp3) is 0.625. The molecular weight excluding hydrogens is 311 g/mol. The molecule has 0 radical (unpaired) electrons. The molecule has 1 aliphatic rings. The summed E-state index contributed by atoms with van der Waals surface area (Å²) < 4.78 is 21.0. The zero-order valence-corrected chi connectivity index (χ0v) is 11.3. The monoisotopic (exact) mass is 324 g/mol. The van der Waals surface area contributed by atoms with Crippen LogP contribution in [0, 0.1) is 0 Å². The molecule has 1 aromatic heterocycles. The number of aromatic nitrogens is 3. The molecule has 2 heterocycles. The lowest BCUT2D eigenvalue weighted by Gasteiger charge is -2.14. The van der Waals surface area contributed by atoms with E-state index in [1.807, 2.05) is 0 Å². The molecule has 1 amide bonds. The predicted octanol–water partition coefficient (Wildman–Crippen LogP) is -2.89. The number of ether oxygens (including phenoxy) is 1. The number of phosphoric acid groups is 1. The molecule has 6 N–H and O–H groups in total. The topological polar surface area (TPSA) is 190 Å². The van der Waals surface area contributed by atoms with Crippen LogP contribution < -0.4 is 5.73 Å². The van der Waals surface area contributed by atoms with Gasteiger partial charge in [0.1, 0.15) is 24.6 Å². The summed E-state index contributed by atoms with van der Waals surface area (Å²) in [4.78, 5) is 31.6. The Balaban J connectivity index is 2.08. The molecule has 12 nitrogen and oxygen atoms in total. The van der Waals surface area contributed by atoms with E-state index in [0.717, 1.165) is 11.0 Å². The quantitative estimate of drug-likeness (QED) is 0.351. The van der Waals surface area contributed by atoms with Gasteiger partial charge in [0.05, 0.1) is 6.61 Å². The molecular formula is C8H13N4O8P. The van der Waals surface area contributed by atoms with Gasteiger partial charge in [-0.05, 0) is 0 Å². The van der Waals surface area contributed by atoms with Crippen LogP contribution in [0.25, 0.3) is 0 Å². The third kappa shape index (κ3) is 3.63. The lowest BCUT2D eigenvalue weighted by atomic mass is 10.1. The molecule has 3 unspecified atom stereocenters. The Morgan fingerprint density at radius 1 is 1.48 bits per heavy atom. The lowest BCUT2D eigenvalue weighted by molar-refractivity contribution is -0.0581. The number of primary amides is 1. The van der Waals surface area contributed by atoms with Crippen LogP contribution in [0.4, 0.5) is 0 Å². The smallest absolute Gasteiger partial charge is 0.387 e. The number of carbonyl (C=O) groups excluding carboxylic acids is 1. The van der Waals surface area contributed by atoms with Gasteiger partial charge in [-0.2, -0.15) is 0 Å². The van der Waals surface area contributed by atoms with Gasteiger partial charge in [0.25, 0.3) is 5.91 Å². The molecule has 0 spiro atoms. The number of aliphatic hydroxyl groups is 2. The number of hydrogen-bond donors (Lipinski definition) is 5. The van der Waals surface area contributed by atoms with Crippen molar-refractivity contribution in [2.45, 2.75) is 24.5 Å². The molecule has 2 rings (SSSR count). The number of amides is 1. The first-order valence-corrected chi connectivity index (χ1v) is 7.14. The van der Waals surface area contributed by atoms with E-state index in [-0.39, 0.29) is 5.82 Å². The predicted molar refractivity (Wildman–Crippen MR) is 62.5 cm³/mol. The molecule has 1 aliphatic heterocycles. The Kier molecular flexibility index (Phi) is 4.39. The molecule has 1 aromatic rings. The molecule has 1 fully saturated rings. The molecule has 1 saturated heterocycles. The van der Waals surface area contributed by atoms with Crippen LogP contribution in [0.1, 0.15) is 16.8 Å². The zero-order valence-electron chi connectivity index (χ0n) is 10.4. The molecule has 0 aromatic carbocycles. The Morgan fingerprint density at radius 2 is 2.14 bits per heavy atom. The largest absolute Gasteiger partial charge is 0.469 e. The minimum atomic E-state index is -4.73. The number of phosphoric ester groups is 1. The Labute approximate surface area is 117 Å². The van der Waals surface area contributed by atoms with Crippen molar-refractivity contribution in [2.75, 3.05) is 6.61 Å². The summed E-state index contributed by atoms with van der Waals surface area (Å²) in [5.41, 5.74) is 4.97. The van der Waals surface area contributed by atoms with Gasteiger partial charge in [-0.1, -0.05) is 0 Å². The van der Waals surface area contributed by atoms with Crippen LogP contribution in [0.2, 0.25) is 0 Å². The first-order valence-electron chi connectivity index (χ1n) is 5.61. The van der Waals surface area contributed by atoms with E-state index in [1.54, 1.807) is 0 Å². The molecule has 21 heavy (non-hydrogen) atoms. The summed E-state index contributed by atoms with van der Waals surface area (Å²) >= 11 is 0. The van der Waals surface area contributed by atoms with Crippen molar-refractivity contribution in [3.05, 3.63) is 12.2 Å². The highest BCUT2D eigenvalue weighted by Gasteiger charge is 2.45. The second-order valence-electron chi connectivity index (χ2n) is 4.25. The number of aliphatic hydroxyl groups excluding tert-OH is 2. The third-order valence-corrected chi connectivity index (χ3v) is 3.22. The van der Waals surface area contributed by atoms with E-state index in [9.17, 15) is 19.6 Å². The molecule has 118 valence electrons. The number of nitrogens with two attached hydrogens (primary N) is 1. The van der Waals surface area contributed by atoms with Crippen molar-refractivity contribution >= 4 is 13.7 Å². The number of rotatable bonds is 5. The fourth-order valence-corrected chi connectivity index (χ4v) is 2.11. The van der Waals surface area contributed by atoms with Crippen molar-refractivity contribution < 1.29 is 38.6 Å². The Morgan fingerprint density at radius 3 is 2.67 bits per heavy atom. The highest BCUT2D eigenvalue weighted by Crippen LogP contribution is 2.38. The van der Waals surface area contributed by atoms with Gasteiger partial charge in [-0.15, -0.1) is 5.10 Å². The van der Waals surface area contributed by atoms with Crippen molar-refractivity contribution in [3.63, 3.8) is 0 Å². The zero-order chi connectivity index (χ0) is 15.8. The van der Waals surface area contributed by atoms with Crippen molar-refractivity contribution in [2.24, 2.45) is 5.73 Å². The SMILES string of the molecule is NC(=O)c1ncn(C2OC(COP(=O)(O)O)[C@@H](O)C2O)n1. The highest BCUT2D eigenvalue weighted by atomic mass is 31.2. The lowest BCUT2D eigenvalue weighted by Crippen LogP contribution is -2.33. The van der Waals surface area contributed by atoms with Gasteiger partial charge in [0.15, 0.2) is 6.23 Å². The Bertz CT molecular complexity index is 572. The van der Waals surface area contributed by atoms with E-state index in [2.05, 4.69) is 14.6 Å². The average molecular weight is 324 g/mol. The average Bonchev–Trinajstić information content (AvgIpc) is 2.94. The van der Waals surface area contributed by atoms with Crippen molar-refractivity contribution in [1.29, 1.82) is 0 Å². The van der Waals surface area contributed by atoms with Crippen molar-refractivity contribution in [1.82, 2.24) is 14.8 Å². The van der Waals surface area contributed by atoms with E-state index in [1.165, 1.54) is 0 Å². The standard InChI is InChI=1S/C8H13N4O8P/c9-6(15)7-10-2-12(11-7)8-5(14)4(13)3(20-8)1-19-21(16,17)18/h2-5,8,13-14H,1H2,(H2,9,15)(H2,16,17,18)/t3?,4-,5?,8?/m1/s1. The van der Waals surface area contributed by atoms with Crippen LogP contribution in [0.5, 0.6) is 0 Å². The van der Waals surface area contributed by atoms with Crippen molar-refractivity contribution in [3.8, 4) is 0 Å². The van der Waals surface area contributed by atoms with Gasteiger partial charge in [0, 0.05) is 0 Å². The maximum atomic E-state index is 10.9. The molecule has 0 aliphatic carbocycles. The molecule has 4 atom stereocenters. The van der Waals surface area contributed by atoms with Gasteiger partial charge < -0.3 is 30.5 Å². The van der Waals surface area contributed by atoms with Gasteiger partial charge in [-0.25, -0.2) is 14.2 Å². The summed E-state index contributed by atoms with van der Waals surface area (Å²) in [5.74, 6) is -1.20.